The normalized spacial score (nSPS) is 16.1. The van der Waals surface area contributed by atoms with Crippen LogP contribution in [0.15, 0.2) is 39.9 Å². The van der Waals surface area contributed by atoms with E-state index in [1.54, 1.807) is 13.3 Å². The Morgan fingerprint density at radius 3 is 2.42 bits per heavy atom. The molecule has 2 aromatic rings. The van der Waals surface area contributed by atoms with Crippen LogP contribution in [0, 0.1) is 0 Å². The maximum absolute atomic E-state index is 5.89. The summed E-state index contributed by atoms with van der Waals surface area (Å²) in [7, 11) is 1.70. The number of hydrogen-bond donors (Lipinski definition) is 2. The first-order valence-corrected chi connectivity index (χ1v) is 11.8. The number of aliphatic imine (C=N–C) groups is 1. The molecule has 184 valence electrons. The zero-order valence-electron chi connectivity index (χ0n) is 20.7. The Labute approximate surface area is 215 Å². The zero-order chi connectivity index (χ0) is 23.0. The number of halogens is 1. The van der Waals surface area contributed by atoms with Crippen LogP contribution >= 0.6 is 24.0 Å². The maximum Gasteiger partial charge on any atom is 0.216 e. The van der Waals surface area contributed by atoms with E-state index in [0.29, 0.717) is 12.4 Å². The standard InChI is InChI=1S/C25H39N5O2.HI/c1-6-26-24(29-18-23-27-17-22(32-23)25(2,3)4)28-16-21(30-14-8-7-9-15-30)19-10-12-20(31-5)13-11-19;/h10-13,17,21H,6-9,14-16,18H2,1-5H3,(H2,26,28,29);1H. The third kappa shape index (κ3) is 8.17. The molecule has 2 N–H and O–H groups in total. The van der Waals surface area contributed by atoms with E-state index in [2.05, 4.69) is 60.3 Å². The van der Waals surface area contributed by atoms with Gasteiger partial charge in [-0.15, -0.1) is 24.0 Å². The maximum atomic E-state index is 5.89. The van der Waals surface area contributed by atoms with Crippen LogP contribution in [-0.4, -0.2) is 49.1 Å². The summed E-state index contributed by atoms with van der Waals surface area (Å²) in [5, 5.41) is 6.90. The van der Waals surface area contributed by atoms with Crippen molar-refractivity contribution in [2.75, 3.05) is 33.3 Å². The lowest BCUT2D eigenvalue weighted by Crippen LogP contribution is -2.44. The van der Waals surface area contributed by atoms with Crippen molar-refractivity contribution in [1.82, 2.24) is 20.5 Å². The smallest absolute Gasteiger partial charge is 0.216 e. The molecule has 0 bridgehead atoms. The molecule has 3 rings (SSSR count). The summed E-state index contributed by atoms with van der Waals surface area (Å²) >= 11 is 0. The highest BCUT2D eigenvalue weighted by Gasteiger charge is 2.23. The Morgan fingerprint density at radius 2 is 1.85 bits per heavy atom. The monoisotopic (exact) mass is 569 g/mol. The Balaban J connectivity index is 0.00000385. The molecule has 0 amide bonds. The van der Waals surface area contributed by atoms with E-state index >= 15 is 0 Å². The molecule has 0 spiro atoms. The molecule has 1 aromatic heterocycles. The van der Waals surface area contributed by atoms with Crippen molar-refractivity contribution >= 4 is 29.9 Å². The lowest BCUT2D eigenvalue weighted by Gasteiger charge is -2.35. The number of likely N-dealkylation sites (tertiary alicyclic amines) is 1. The zero-order valence-corrected chi connectivity index (χ0v) is 23.0. The van der Waals surface area contributed by atoms with E-state index in [-0.39, 0.29) is 35.4 Å². The summed E-state index contributed by atoms with van der Waals surface area (Å²) in [6.07, 6.45) is 5.62. The van der Waals surface area contributed by atoms with Gasteiger partial charge in [0.15, 0.2) is 5.96 Å². The molecule has 1 unspecified atom stereocenters. The highest BCUT2D eigenvalue weighted by Crippen LogP contribution is 2.26. The molecule has 1 aliphatic heterocycles. The number of ether oxygens (including phenoxy) is 1. The number of nitrogens with one attached hydrogen (secondary N) is 2. The topological polar surface area (TPSA) is 74.9 Å². The van der Waals surface area contributed by atoms with Crippen LogP contribution in [0.25, 0.3) is 0 Å². The lowest BCUT2D eigenvalue weighted by molar-refractivity contribution is 0.164. The van der Waals surface area contributed by atoms with Crippen molar-refractivity contribution in [1.29, 1.82) is 0 Å². The minimum atomic E-state index is -0.0578. The van der Waals surface area contributed by atoms with Crippen molar-refractivity contribution in [3.05, 3.63) is 47.7 Å². The molecule has 1 saturated heterocycles. The van der Waals surface area contributed by atoms with Gasteiger partial charge < -0.3 is 19.8 Å². The summed E-state index contributed by atoms with van der Waals surface area (Å²) in [5.74, 6) is 3.17. The molecule has 7 nitrogen and oxygen atoms in total. The van der Waals surface area contributed by atoms with Gasteiger partial charge in [-0.3, -0.25) is 4.90 Å². The molecule has 8 heteroatoms. The molecule has 33 heavy (non-hydrogen) atoms. The number of aromatic nitrogens is 1. The molecule has 1 aliphatic rings. The SMILES string of the molecule is CCNC(=NCc1ncc(C(C)(C)C)o1)NCC(c1ccc(OC)cc1)N1CCCCC1.I. The van der Waals surface area contributed by atoms with Gasteiger partial charge in [0.25, 0.3) is 0 Å². The number of benzene rings is 1. The molecule has 1 atom stereocenters. The number of nitrogens with zero attached hydrogens (tertiary/aromatic N) is 3. The molecular weight excluding hydrogens is 529 g/mol. The van der Waals surface area contributed by atoms with Gasteiger partial charge >= 0.3 is 0 Å². The number of methoxy groups -OCH3 is 1. The number of hydrogen-bond acceptors (Lipinski definition) is 5. The number of piperidine rings is 1. The lowest BCUT2D eigenvalue weighted by atomic mass is 9.94. The molecule has 1 aromatic carbocycles. The number of oxazole rings is 1. The Hall–Kier alpha value is -1.81. The predicted octanol–water partition coefficient (Wildman–Crippen LogP) is 4.88. The van der Waals surface area contributed by atoms with Gasteiger partial charge in [-0.05, 0) is 50.6 Å². The highest BCUT2D eigenvalue weighted by atomic mass is 127. The van der Waals surface area contributed by atoms with Crippen LogP contribution in [0.5, 0.6) is 5.75 Å². The van der Waals surface area contributed by atoms with Gasteiger partial charge in [0.05, 0.1) is 19.3 Å². The first-order valence-electron chi connectivity index (χ1n) is 11.8. The van der Waals surface area contributed by atoms with Gasteiger partial charge in [-0.1, -0.05) is 39.3 Å². The van der Waals surface area contributed by atoms with Crippen molar-refractivity contribution in [3.8, 4) is 5.75 Å². The molecule has 0 saturated carbocycles. The fraction of sp³-hybridized carbons (Fsp3) is 0.600. The quantitative estimate of drug-likeness (QED) is 0.268. The van der Waals surface area contributed by atoms with Gasteiger partial charge in [0.2, 0.25) is 5.89 Å². The van der Waals surface area contributed by atoms with E-state index in [1.165, 1.54) is 24.8 Å². The predicted molar refractivity (Wildman–Crippen MR) is 145 cm³/mol. The molecule has 2 heterocycles. The van der Waals surface area contributed by atoms with Crippen LogP contribution < -0.4 is 15.4 Å². The van der Waals surface area contributed by atoms with Crippen molar-refractivity contribution in [2.45, 2.75) is 65.0 Å². The highest BCUT2D eigenvalue weighted by molar-refractivity contribution is 14.0. The van der Waals surface area contributed by atoms with Crippen LogP contribution in [0.3, 0.4) is 0 Å². The second-order valence-electron chi connectivity index (χ2n) is 9.33. The average molecular weight is 570 g/mol. The number of guanidine groups is 1. The van der Waals surface area contributed by atoms with Gasteiger partial charge in [0.1, 0.15) is 18.1 Å². The molecular formula is C25H40IN5O2. The average Bonchev–Trinajstić information content (AvgIpc) is 3.28. The van der Waals surface area contributed by atoms with E-state index in [0.717, 1.165) is 43.6 Å². The van der Waals surface area contributed by atoms with E-state index in [9.17, 15) is 0 Å². The second-order valence-corrected chi connectivity index (χ2v) is 9.33. The molecule has 0 aliphatic carbocycles. The summed E-state index contributed by atoms with van der Waals surface area (Å²) < 4.78 is 11.2. The summed E-state index contributed by atoms with van der Waals surface area (Å²) in [5.41, 5.74) is 1.23. The van der Waals surface area contributed by atoms with E-state index < -0.39 is 0 Å². The minimum Gasteiger partial charge on any atom is -0.497 e. The van der Waals surface area contributed by atoms with Crippen molar-refractivity contribution < 1.29 is 9.15 Å². The fourth-order valence-electron chi connectivity index (χ4n) is 3.93. The van der Waals surface area contributed by atoms with Crippen molar-refractivity contribution in [2.24, 2.45) is 4.99 Å². The first kappa shape index (κ1) is 27.4. The minimum absolute atomic E-state index is 0. The van der Waals surface area contributed by atoms with Crippen LogP contribution in [0.2, 0.25) is 0 Å². The van der Waals surface area contributed by atoms with E-state index in [4.69, 9.17) is 14.1 Å². The van der Waals surface area contributed by atoms with Gasteiger partial charge in [0, 0.05) is 18.5 Å². The summed E-state index contributed by atoms with van der Waals surface area (Å²) in [6, 6.07) is 8.70. The van der Waals surface area contributed by atoms with Crippen LogP contribution in [0.1, 0.15) is 70.2 Å². The number of rotatable bonds is 8. The van der Waals surface area contributed by atoms with Crippen LogP contribution in [-0.2, 0) is 12.0 Å². The summed E-state index contributed by atoms with van der Waals surface area (Å²) in [6.45, 7) is 12.6. The third-order valence-corrected chi connectivity index (χ3v) is 5.80. The van der Waals surface area contributed by atoms with E-state index in [1.807, 2.05) is 12.1 Å². The third-order valence-electron chi connectivity index (χ3n) is 5.80. The van der Waals surface area contributed by atoms with Gasteiger partial charge in [-0.25, -0.2) is 9.98 Å². The first-order chi connectivity index (χ1) is 15.4. The Bertz CT molecular complexity index is 854. The summed E-state index contributed by atoms with van der Waals surface area (Å²) in [4.78, 5) is 11.7. The molecule has 0 radical (unpaired) electrons. The van der Waals surface area contributed by atoms with Crippen LogP contribution in [0.4, 0.5) is 0 Å². The van der Waals surface area contributed by atoms with Gasteiger partial charge in [-0.2, -0.15) is 0 Å². The fourth-order valence-corrected chi connectivity index (χ4v) is 3.93. The molecule has 1 fully saturated rings. The van der Waals surface area contributed by atoms with Crippen molar-refractivity contribution in [3.63, 3.8) is 0 Å². The largest absolute Gasteiger partial charge is 0.497 e. The Kier molecular flexibility index (Phi) is 11.0. The Morgan fingerprint density at radius 1 is 1.15 bits per heavy atom. The second kappa shape index (κ2) is 13.2.